The standard InChI is InChI=1S/C6H10O2.H2O/c1-4(2)5(3)6(7)8;/h1-3H3,(H,7,8);1H2. The second-order valence-electron chi connectivity index (χ2n) is 1.93. The number of carboxylic acids is 1. The maximum atomic E-state index is 10.1. The van der Waals surface area contributed by atoms with Crippen LogP contribution < -0.4 is 0 Å². The van der Waals surface area contributed by atoms with Gasteiger partial charge in [-0.05, 0) is 20.8 Å². The predicted octanol–water partition coefficient (Wildman–Crippen LogP) is 0.603. The van der Waals surface area contributed by atoms with Crippen molar-refractivity contribution in [3.8, 4) is 0 Å². The molecule has 0 rings (SSSR count). The highest BCUT2D eigenvalue weighted by atomic mass is 16.4. The fourth-order valence-corrected chi connectivity index (χ4v) is 0.214. The third kappa shape index (κ3) is 3.73. The van der Waals surface area contributed by atoms with Crippen molar-refractivity contribution < 1.29 is 15.4 Å². The van der Waals surface area contributed by atoms with Crippen LogP contribution in [0, 0.1) is 0 Å². The van der Waals surface area contributed by atoms with Crippen LogP contribution in [0.1, 0.15) is 20.8 Å². The fraction of sp³-hybridized carbons (Fsp3) is 0.500. The summed E-state index contributed by atoms with van der Waals surface area (Å²) in [6.07, 6.45) is 0. The van der Waals surface area contributed by atoms with E-state index < -0.39 is 5.97 Å². The van der Waals surface area contributed by atoms with Crippen LogP contribution in [0.2, 0.25) is 0 Å². The zero-order chi connectivity index (χ0) is 6.73. The Labute approximate surface area is 54.3 Å². The third-order valence-electron chi connectivity index (χ3n) is 1.07. The maximum Gasteiger partial charge on any atom is 0.331 e. The smallest absolute Gasteiger partial charge is 0.331 e. The van der Waals surface area contributed by atoms with Gasteiger partial charge in [0.1, 0.15) is 0 Å². The first-order valence-electron chi connectivity index (χ1n) is 2.43. The summed E-state index contributed by atoms with van der Waals surface area (Å²) in [6.45, 7) is 5.16. The molecule has 0 aromatic heterocycles. The van der Waals surface area contributed by atoms with E-state index in [-0.39, 0.29) is 5.48 Å². The van der Waals surface area contributed by atoms with Crippen molar-refractivity contribution >= 4 is 5.97 Å². The molecule has 0 heterocycles. The Morgan fingerprint density at radius 2 is 1.56 bits per heavy atom. The van der Waals surface area contributed by atoms with E-state index in [1.165, 1.54) is 0 Å². The number of aliphatic carboxylic acids is 1. The number of allylic oxidation sites excluding steroid dienone is 1. The van der Waals surface area contributed by atoms with E-state index in [1.54, 1.807) is 20.8 Å². The van der Waals surface area contributed by atoms with E-state index in [9.17, 15) is 4.79 Å². The number of rotatable bonds is 1. The van der Waals surface area contributed by atoms with Crippen molar-refractivity contribution in [2.24, 2.45) is 0 Å². The van der Waals surface area contributed by atoms with Crippen LogP contribution in [0.25, 0.3) is 0 Å². The Morgan fingerprint density at radius 3 is 1.56 bits per heavy atom. The molecule has 9 heavy (non-hydrogen) atoms. The van der Waals surface area contributed by atoms with Gasteiger partial charge in [-0.2, -0.15) is 0 Å². The van der Waals surface area contributed by atoms with Gasteiger partial charge in [0.25, 0.3) is 0 Å². The predicted molar refractivity (Wildman–Crippen MR) is 35.3 cm³/mol. The lowest BCUT2D eigenvalue weighted by Crippen LogP contribution is -1.97. The van der Waals surface area contributed by atoms with Crippen LogP contribution in [-0.4, -0.2) is 16.6 Å². The van der Waals surface area contributed by atoms with E-state index in [0.717, 1.165) is 5.57 Å². The Bertz CT molecular complexity index is 131. The molecule has 3 heteroatoms. The molecule has 0 spiro atoms. The normalized spacial score (nSPS) is 7.44. The second-order valence-corrected chi connectivity index (χ2v) is 1.93. The molecular weight excluding hydrogens is 120 g/mol. The number of hydrogen-bond acceptors (Lipinski definition) is 1. The zero-order valence-electron chi connectivity index (χ0n) is 5.86. The second kappa shape index (κ2) is 4.09. The lowest BCUT2D eigenvalue weighted by Gasteiger charge is -1.92. The van der Waals surface area contributed by atoms with Gasteiger partial charge in [0, 0.05) is 5.57 Å². The molecule has 0 aliphatic heterocycles. The van der Waals surface area contributed by atoms with E-state index in [1.807, 2.05) is 0 Å². The summed E-state index contributed by atoms with van der Waals surface area (Å²) in [6, 6.07) is 0. The fourth-order valence-electron chi connectivity index (χ4n) is 0.214. The highest BCUT2D eigenvalue weighted by Gasteiger charge is 1.98. The van der Waals surface area contributed by atoms with Gasteiger partial charge in [0.2, 0.25) is 0 Å². The average molecular weight is 132 g/mol. The van der Waals surface area contributed by atoms with Gasteiger partial charge in [0.15, 0.2) is 0 Å². The molecule has 3 N–H and O–H groups in total. The summed E-state index contributed by atoms with van der Waals surface area (Å²) in [5.74, 6) is -0.829. The van der Waals surface area contributed by atoms with Crippen LogP contribution in [0.3, 0.4) is 0 Å². The summed E-state index contributed by atoms with van der Waals surface area (Å²) >= 11 is 0. The van der Waals surface area contributed by atoms with Crippen molar-refractivity contribution in [1.82, 2.24) is 0 Å². The van der Waals surface area contributed by atoms with Crippen LogP contribution in [0.15, 0.2) is 11.1 Å². The minimum Gasteiger partial charge on any atom is -0.478 e. The van der Waals surface area contributed by atoms with Crippen LogP contribution >= 0.6 is 0 Å². The molecule has 0 aromatic carbocycles. The maximum absolute atomic E-state index is 10.1. The SMILES string of the molecule is CC(C)=C(C)C(=O)O.O. The molecule has 0 saturated carbocycles. The monoisotopic (exact) mass is 132 g/mol. The quantitative estimate of drug-likeness (QED) is 0.531. The van der Waals surface area contributed by atoms with E-state index in [0.29, 0.717) is 5.57 Å². The summed E-state index contributed by atoms with van der Waals surface area (Å²) in [4.78, 5) is 10.1. The largest absolute Gasteiger partial charge is 0.478 e. The Hall–Kier alpha value is -0.830. The summed E-state index contributed by atoms with van der Waals surface area (Å²) < 4.78 is 0. The van der Waals surface area contributed by atoms with Gasteiger partial charge in [-0.15, -0.1) is 0 Å². The van der Waals surface area contributed by atoms with E-state index in [4.69, 9.17) is 5.11 Å². The lowest BCUT2D eigenvalue weighted by molar-refractivity contribution is -0.132. The molecule has 0 bridgehead atoms. The molecule has 54 valence electrons. The van der Waals surface area contributed by atoms with Gasteiger partial charge in [0.05, 0.1) is 0 Å². The van der Waals surface area contributed by atoms with Gasteiger partial charge in [-0.25, -0.2) is 4.79 Å². The Balaban J connectivity index is 0. The number of carboxylic acid groups (broad SMARTS) is 1. The highest BCUT2D eigenvalue weighted by Crippen LogP contribution is 1.99. The van der Waals surface area contributed by atoms with Gasteiger partial charge in [-0.3, -0.25) is 0 Å². The average Bonchev–Trinajstić information content (AvgIpc) is 1.64. The molecule has 3 nitrogen and oxygen atoms in total. The topological polar surface area (TPSA) is 68.8 Å². The van der Waals surface area contributed by atoms with Crippen molar-refractivity contribution in [1.29, 1.82) is 0 Å². The van der Waals surface area contributed by atoms with Crippen molar-refractivity contribution in [2.45, 2.75) is 20.8 Å². The molecule has 0 aliphatic rings. The van der Waals surface area contributed by atoms with Crippen LogP contribution in [0.4, 0.5) is 0 Å². The lowest BCUT2D eigenvalue weighted by atomic mass is 10.2. The number of hydrogen-bond donors (Lipinski definition) is 1. The first kappa shape index (κ1) is 11.0. The minimum atomic E-state index is -0.829. The zero-order valence-corrected chi connectivity index (χ0v) is 5.86. The van der Waals surface area contributed by atoms with Gasteiger partial charge >= 0.3 is 5.97 Å². The molecule has 0 radical (unpaired) electrons. The molecule has 0 saturated heterocycles. The molecule has 0 aliphatic carbocycles. The number of carbonyl (C=O) groups is 1. The molecule has 0 atom stereocenters. The van der Waals surface area contributed by atoms with E-state index in [2.05, 4.69) is 0 Å². The molecule has 0 aromatic rings. The van der Waals surface area contributed by atoms with Gasteiger partial charge in [-0.1, -0.05) is 5.57 Å². The van der Waals surface area contributed by atoms with Crippen molar-refractivity contribution in [3.05, 3.63) is 11.1 Å². The highest BCUT2D eigenvalue weighted by molar-refractivity contribution is 5.86. The van der Waals surface area contributed by atoms with Crippen molar-refractivity contribution in [3.63, 3.8) is 0 Å². The van der Waals surface area contributed by atoms with E-state index >= 15 is 0 Å². The first-order valence-corrected chi connectivity index (χ1v) is 2.43. The molecular formula is C6H12O3. The molecule has 0 unspecified atom stereocenters. The third-order valence-corrected chi connectivity index (χ3v) is 1.07. The molecule has 0 amide bonds. The minimum absolute atomic E-state index is 0. The van der Waals surface area contributed by atoms with Crippen molar-refractivity contribution in [2.75, 3.05) is 0 Å². The van der Waals surface area contributed by atoms with Crippen LogP contribution in [0.5, 0.6) is 0 Å². The summed E-state index contributed by atoms with van der Waals surface area (Å²) in [7, 11) is 0. The first-order chi connectivity index (χ1) is 3.55. The summed E-state index contributed by atoms with van der Waals surface area (Å²) in [5.41, 5.74) is 1.29. The Morgan fingerprint density at radius 1 is 1.22 bits per heavy atom. The molecule has 0 fully saturated rings. The summed E-state index contributed by atoms with van der Waals surface area (Å²) in [5, 5.41) is 8.29. The van der Waals surface area contributed by atoms with Gasteiger partial charge < -0.3 is 10.6 Å². The Kier molecular flexibility index (Phi) is 5.01. The van der Waals surface area contributed by atoms with Crippen LogP contribution in [-0.2, 0) is 4.79 Å².